The molecule has 19 heavy (non-hydrogen) atoms. The van der Waals surface area contributed by atoms with Crippen molar-refractivity contribution in [1.29, 1.82) is 0 Å². The number of ketones is 1. The third kappa shape index (κ3) is 1.82. The van der Waals surface area contributed by atoms with Gasteiger partial charge >= 0.3 is 0 Å². The van der Waals surface area contributed by atoms with Gasteiger partial charge in [0.1, 0.15) is 0 Å². The van der Waals surface area contributed by atoms with E-state index in [1.165, 1.54) is 0 Å². The number of aromatic nitrogens is 1. The maximum atomic E-state index is 12.9. The summed E-state index contributed by atoms with van der Waals surface area (Å²) >= 11 is 0. The monoisotopic (exact) mass is 252 g/mol. The molecule has 96 valence electrons. The number of nitrogens with two attached hydrogens (primary N) is 1. The predicted octanol–water partition coefficient (Wildman–Crippen LogP) is 2.97. The van der Waals surface area contributed by atoms with E-state index in [4.69, 9.17) is 5.73 Å². The first-order chi connectivity index (χ1) is 9.24. The van der Waals surface area contributed by atoms with E-state index in [0.29, 0.717) is 11.3 Å². The summed E-state index contributed by atoms with van der Waals surface area (Å²) in [7, 11) is 0. The molecule has 0 spiro atoms. The summed E-state index contributed by atoms with van der Waals surface area (Å²) in [5, 5.41) is 0. The van der Waals surface area contributed by atoms with Crippen LogP contribution in [0.1, 0.15) is 35.2 Å². The van der Waals surface area contributed by atoms with Gasteiger partial charge in [-0.3, -0.25) is 9.78 Å². The minimum Gasteiger partial charge on any atom is -0.398 e. The highest BCUT2D eigenvalue weighted by Crippen LogP contribution is 2.46. The fraction of sp³-hybridized carbons (Fsp3) is 0.250. The van der Waals surface area contributed by atoms with E-state index in [-0.39, 0.29) is 5.78 Å². The molecule has 0 atom stereocenters. The number of hydrogen-bond acceptors (Lipinski definition) is 3. The van der Waals surface area contributed by atoms with E-state index in [1.807, 2.05) is 30.3 Å². The Balaban J connectivity index is 2.04. The summed E-state index contributed by atoms with van der Waals surface area (Å²) in [4.78, 5) is 16.9. The van der Waals surface area contributed by atoms with Crippen molar-refractivity contribution in [2.45, 2.75) is 24.7 Å². The molecule has 0 saturated heterocycles. The Hall–Kier alpha value is -2.16. The van der Waals surface area contributed by atoms with Crippen molar-refractivity contribution < 1.29 is 4.79 Å². The number of carbonyl (C=O) groups excluding carboxylic acids is 1. The van der Waals surface area contributed by atoms with Gasteiger partial charge in [-0.05, 0) is 24.5 Å². The Kier molecular flexibility index (Phi) is 2.82. The van der Waals surface area contributed by atoms with Gasteiger partial charge < -0.3 is 5.73 Å². The molecule has 1 saturated carbocycles. The molecule has 1 fully saturated rings. The van der Waals surface area contributed by atoms with Gasteiger partial charge in [-0.2, -0.15) is 0 Å². The standard InChI is InChI=1S/C16H16N2O/c17-14-7-10-18-11-13(14)15(19)16(8-4-9-16)12-5-2-1-3-6-12/h1-3,5-7,10-11H,4,8-9H2,(H2,17,18). The lowest BCUT2D eigenvalue weighted by Crippen LogP contribution is -2.42. The number of Topliss-reactive ketones (excluding diaryl/α,β-unsaturated/α-hetero) is 1. The van der Waals surface area contributed by atoms with Crippen molar-refractivity contribution in [2.24, 2.45) is 0 Å². The highest BCUT2D eigenvalue weighted by atomic mass is 16.1. The van der Waals surface area contributed by atoms with Crippen LogP contribution in [0.3, 0.4) is 0 Å². The van der Waals surface area contributed by atoms with Gasteiger partial charge in [-0.1, -0.05) is 36.8 Å². The number of carbonyl (C=O) groups is 1. The second-order valence-corrected chi connectivity index (χ2v) is 5.09. The van der Waals surface area contributed by atoms with Gasteiger partial charge in [0.25, 0.3) is 0 Å². The molecular formula is C16H16N2O. The maximum absolute atomic E-state index is 12.9. The smallest absolute Gasteiger partial charge is 0.176 e. The zero-order valence-corrected chi connectivity index (χ0v) is 10.7. The Bertz CT molecular complexity index is 603. The van der Waals surface area contributed by atoms with Crippen LogP contribution in [0.5, 0.6) is 0 Å². The summed E-state index contributed by atoms with van der Waals surface area (Å²) in [6.45, 7) is 0. The molecule has 0 radical (unpaired) electrons. The van der Waals surface area contributed by atoms with Crippen LogP contribution in [0.2, 0.25) is 0 Å². The van der Waals surface area contributed by atoms with Crippen LogP contribution in [0.15, 0.2) is 48.8 Å². The van der Waals surface area contributed by atoms with E-state index in [2.05, 4.69) is 4.98 Å². The summed E-state index contributed by atoms with van der Waals surface area (Å²) < 4.78 is 0. The van der Waals surface area contributed by atoms with Gasteiger partial charge in [-0.15, -0.1) is 0 Å². The zero-order chi connectivity index (χ0) is 13.3. The van der Waals surface area contributed by atoms with Crippen molar-refractivity contribution in [3.8, 4) is 0 Å². The molecule has 0 unspecified atom stereocenters. The molecule has 0 bridgehead atoms. The second kappa shape index (κ2) is 4.50. The minimum absolute atomic E-state index is 0.107. The molecular weight excluding hydrogens is 236 g/mol. The van der Waals surface area contributed by atoms with Crippen molar-refractivity contribution in [3.05, 3.63) is 59.9 Å². The first kappa shape index (κ1) is 11.9. The highest BCUT2D eigenvalue weighted by molar-refractivity contribution is 6.07. The number of hydrogen-bond donors (Lipinski definition) is 1. The average Bonchev–Trinajstić information content (AvgIpc) is 2.39. The molecule has 3 heteroatoms. The fourth-order valence-corrected chi connectivity index (χ4v) is 2.79. The fourth-order valence-electron chi connectivity index (χ4n) is 2.79. The zero-order valence-electron chi connectivity index (χ0n) is 10.7. The van der Waals surface area contributed by atoms with Crippen LogP contribution in [0.25, 0.3) is 0 Å². The van der Waals surface area contributed by atoms with Crippen LogP contribution in [-0.4, -0.2) is 10.8 Å². The van der Waals surface area contributed by atoms with Gasteiger partial charge in [0.15, 0.2) is 5.78 Å². The van der Waals surface area contributed by atoms with Gasteiger partial charge in [0, 0.05) is 18.1 Å². The molecule has 2 aromatic rings. The molecule has 1 aliphatic rings. The van der Waals surface area contributed by atoms with Crippen molar-refractivity contribution in [1.82, 2.24) is 4.98 Å². The molecule has 2 N–H and O–H groups in total. The Labute approximate surface area is 112 Å². The molecule has 3 nitrogen and oxygen atoms in total. The molecule has 1 aromatic heterocycles. The molecule has 1 heterocycles. The number of anilines is 1. The minimum atomic E-state index is -0.390. The van der Waals surface area contributed by atoms with E-state index in [9.17, 15) is 4.79 Å². The average molecular weight is 252 g/mol. The van der Waals surface area contributed by atoms with Gasteiger partial charge in [0.05, 0.1) is 11.0 Å². The van der Waals surface area contributed by atoms with Crippen LogP contribution >= 0.6 is 0 Å². The maximum Gasteiger partial charge on any atom is 0.176 e. The number of pyridine rings is 1. The summed E-state index contributed by atoms with van der Waals surface area (Å²) in [5.41, 5.74) is 7.68. The van der Waals surface area contributed by atoms with E-state index in [1.54, 1.807) is 18.5 Å². The molecule has 0 amide bonds. The quantitative estimate of drug-likeness (QED) is 0.854. The van der Waals surface area contributed by atoms with Crippen LogP contribution in [0.4, 0.5) is 5.69 Å². The number of benzene rings is 1. The van der Waals surface area contributed by atoms with Gasteiger partial charge in [0.2, 0.25) is 0 Å². The van der Waals surface area contributed by atoms with Gasteiger partial charge in [-0.25, -0.2) is 0 Å². The third-order valence-corrected chi connectivity index (χ3v) is 4.07. The normalized spacial score (nSPS) is 16.6. The lowest BCUT2D eigenvalue weighted by atomic mass is 9.61. The number of nitrogen functional groups attached to an aromatic ring is 1. The third-order valence-electron chi connectivity index (χ3n) is 4.07. The number of nitrogens with zero attached hydrogens (tertiary/aromatic N) is 1. The summed E-state index contributed by atoms with van der Waals surface area (Å²) in [6, 6.07) is 11.7. The van der Waals surface area contributed by atoms with Crippen LogP contribution in [0, 0.1) is 0 Å². The highest BCUT2D eigenvalue weighted by Gasteiger charge is 2.46. The number of rotatable bonds is 3. The first-order valence-corrected chi connectivity index (χ1v) is 6.54. The van der Waals surface area contributed by atoms with Crippen molar-refractivity contribution in [3.63, 3.8) is 0 Å². The Morgan fingerprint density at radius 3 is 2.47 bits per heavy atom. The van der Waals surface area contributed by atoms with E-state index >= 15 is 0 Å². The van der Waals surface area contributed by atoms with E-state index in [0.717, 1.165) is 24.8 Å². The SMILES string of the molecule is Nc1ccncc1C(=O)C1(c2ccccc2)CCC1. The lowest BCUT2D eigenvalue weighted by molar-refractivity contribution is 0.0789. The lowest BCUT2D eigenvalue weighted by Gasteiger charge is -2.41. The van der Waals surface area contributed by atoms with Crippen LogP contribution < -0.4 is 5.73 Å². The first-order valence-electron chi connectivity index (χ1n) is 6.54. The Morgan fingerprint density at radius 1 is 1.16 bits per heavy atom. The summed E-state index contributed by atoms with van der Waals surface area (Å²) in [5.74, 6) is 0.107. The molecule has 3 rings (SSSR count). The topological polar surface area (TPSA) is 56.0 Å². The van der Waals surface area contributed by atoms with Crippen molar-refractivity contribution >= 4 is 11.5 Å². The van der Waals surface area contributed by atoms with Crippen LogP contribution in [-0.2, 0) is 5.41 Å². The molecule has 1 aromatic carbocycles. The molecule has 0 aliphatic heterocycles. The second-order valence-electron chi connectivity index (χ2n) is 5.09. The van der Waals surface area contributed by atoms with Crippen molar-refractivity contribution in [2.75, 3.05) is 5.73 Å². The Morgan fingerprint density at radius 2 is 1.89 bits per heavy atom. The van der Waals surface area contributed by atoms with E-state index < -0.39 is 5.41 Å². The largest absolute Gasteiger partial charge is 0.398 e. The summed E-state index contributed by atoms with van der Waals surface area (Å²) in [6.07, 6.45) is 6.07. The molecule has 1 aliphatic carbocycles. The predicted molar refractivity (Wildman–Crippen MR) is 75.0 cm³/mol.